The Kier molecular flexibility index (Phi) is 3.01. The maximum atomic E-state index is 12.4. The first-order valence-electron chi connectivity index (χ1n) is 4.74. The maximum Gasteiger partial charge on any atom is 0.419 e. The minimum atomic E-state index is -4.47. The number of alkyl halides is 3. The van der Waals surface area contributed by atoms with Crippen LogP contribution in [0.15, 0.2) is 30.6 Å². The average molecular weight is 272 g/mol. The standard InChI is InChI=1S/C11H5ClF3N3/c12-9-2-1-3-10(8(9)4-16)18-6-7(5-17-18)11(13,14)15/h1-3,5-6H. The second-order valence-electron chi connectivity index (χ2n) is 3.42. The molecule has 0 radical (unpaired) electrons. The van der Waals surface area contributed by atoms with Gasteiger partial charge in [0.2, 0.25) is 0 Å². The number of nitriles is 1. The summed E-state index contributed by atoms with van der Waals surface area (Å²) in [5.74, 6) is 0. The lowest BCUT2D eigenvalue weighted by atomic mass is 10.2. The first-order chi connectivity index (χ1) is 8.43. The predicted octanol–water partition coefficient (Wildman–Crippen LogP) is 3.42. The van der Waals surface area contributed by atoms with E-state index in [-0.39, 0.29) is 16.3 Å². The van der Waals surface area contributed by atoms with Crippen molar-refractivity contribution in [1.82, 2.24) is 9.78 Å². The largest absolute Gasteiger partial charge is 0.419 e. The molecule has 92 valence electrons. The van der Waals surface area contributed by atoms with Crippen molar-refractivity contribution in [2.45, 2.75) is 6.18 Å². The van der Waals surface area contributed by atoms with Crippen molar-refractivity contribution < 1.29 is 13.2 Å². The van der Waals surface area contributed by atoms with Crippen molar-refractivity contribution >= 4 is 11.6 Å². The fourth-order valence-corrected chi connectivity index (χ4v) is 1.63. The van der Waals surface area contributed by atoms with Crippen molar-refractivity contribution in [2.24, 2.45) is 0 Å². The molecule has 0 fully saturated rings. The summed E-state index contributed by atoms with van der Waals surface area (Å²) in [4.78, 5) is 0. The summed E-state index contributed by atoms with van der Waals surface area (Å²) >= 11 is 5.79. The average Bonchev–Trinajstić information content (AvgIpc) is 2.77. The van der Waals surface area contributed by atoms with Crippen molar-refractivity contribution in [3.8, 4) is 11.8 Å². The highest BCUT2D eigenvalue weighted by Crippen LogP contribution is 2.30. The zero-order valence-electron chi connectivity index (χ0n) is 8.74. The number of rotatable bonds is 1. The van der Waals surface area contributed by atoms with Gasteiger partial charge in [-0.25, -0.2) is 4.68 Å². The van der Waals surface area contributed by atoms with Gasteiger partial charge in [-0.2, -0.15) is 23.5 Å². The van der Waals surface area contributed by atoms with E-state index in [0.717, 1.165) is 10.9 Å². The first kappa shape index (κ1) is 12.5. The van der Waals surface area contributed by atoms with Crippen LogP contribution < -0.4 is 0 Å². The van der Waals surface area contributed by atoms with Gasteiger partial charge in [0.15, 0.2) is 0 Å². The Labute approximate surface area is 105 Å². The Morgan fingerprint density at radius 3 is 2.61 bits per heavy atom. The Bertz CT molecular complexity index is 625. The SMILES string of the molecule is N#Cc1c(Cl)cccc1-n1cc(C(F)(F)F)cn1. The van der Waals surface area contributed by atoms with Crippen LogP contribution in [0.1, 0.15) is 11.1 Å². The van der Waals surface area contributed by atoms with Gasteiger partial charge in [0.05, 0.1) is 28.0 Å². The van der Waals surface area contributed by atoms with Crippen molar-refractivity contribution in [2.75, 3.05) is 0 Å². The second kappa shape index (κ2) is 4.35. The molecule has 0 atom stereocenters. The van der Waals surface area contributed by atoms with Gasteiger partial charge >= 0.3 is 6.18 Å². The number of halogens is 4. The zero-order chi connectivity index (χ0) is 13.3. The summed E-state index contributed by atoms with van der Waals surface area (Å²) in [5.41, 5.74) is -0.595. The summed E-state index contributed by atoms with van der Waals surface area (Å²) in [6, 6.07) is 6.33. The fraction of sp³-hybridized carbons (Fsp3) is 0.0909. The monoisotopic (exact) mass is 271 g/mol. The van der Waals surface area contributed by atoms with E-state index in [1.807, 2.05) is 6.07 Å². The third-order valence-electron chi connectivity index (χ3n) is 2.26. The molecular weight excluding hydrogens is 267 g/mol. The van der Waals surface area contributed by atoms with Crippen LogP contribution >= 0.6 is 11.6 Å². The summed E-state index contributed by atoms with van der Waals surface area (Å²) in [7, 11) is 0. The third-order valence-corrected chi connectivity index (χ3v) is 2.58. The molecule has 0 bridgehead atoms. The third kappa shape index (κ3) is 2.17. The Hall–Kier alpha value is -2.00. The molecule has 0 unspecified atom stereocenters. The maximum absolute atomic E-state index is 12.4. The number of aromatic nitrogens is 2. The van der Waals surface area contributed by atoms with Crippen LogP contribution in [0.2, 0.25) is 5.02 Å². The van der Waals surface area contributed by atoms with Gasteiger partial charge in [-0.1, -0.05) is 17.7 Å². The Morgan fingerprint density at radius 2 is 2.06 bits per heavy atom. The molecular formula is C11H5ClF3N3. The van der Waals surface area contributed by atoms with Crippen molar-refractivity contribution in [3.05, 3.63) is 46.7 Å². The number of benzene rings is 1. The Balaban J connectivity index is 2.54. The summed E-state index contributed by atoms with van der Waals surface area (Å²) in [6.07, 6.45) is -2.96. The molecule has 1 heterocycles. The summed E-state index contributed by atoms with van der Waals surface area (Å²) in [5, 5.41) is 12.7. The highest BCUT2D eigenvalue weighted by molar-refractivity contribution is 6.32. The first-order valence-corrected chi connectivity index (χ1v) is 5.12. The molecule has 0 saturated carbocycles. The van der Waals surface area contributed by atoms with Gasteiger partial charge in [0.1, 0.15) is 6.07 Å². The number of nitrogens with zero attached hydrogens (tertiary/aromatic N) is 3. The van der Waals surface area contributed by atoms with E-state index in [4.69, 9.17) is 16.9 Å². The molecule has 0 aliphatic heterocycles. The summed E-state index contributed by atoms with van der Waals surface area (Å²) < 4.78 is 38.3. The molecule has 0 spiro atoms. The molecule has 0 aliphatic rings. The van der Waals surface area contributed by atoms with E-state index in [0.29, 0.717) is 6.20 Å². The van der Waals surface area contributed by atoms with Gasteiger partial charge in [-0.15, -0.1) is 0 Å². The molecule has 2 rings (SSSR count). The van der Waals surface area contributed by atoms with Crippen LogP contribution in [0.3, 0.4) is 0 Å². The van der Waals surface area contributed by atoms with E-state index >= 15 is 0 Å². The molecule has 18 heavy (non-hydrogen) atoms. The minimum Gasteiger partial charge on any atom is -0.239 e. The zero-order valence-corrected chi connectivity index (χ0v) is 9.50. The summed E-state index contributed by atoms with van der Waals surface area (Å²) in [6.45, 7) is 0. The van der Waals surface area contributed by atoms with Gasteiger partial charge < -0.3 is 0 Å². The van der Waals surface area contributed by atoms with E-state index in [1.54, 1.807) is 0 Å². The molecule has 0 aliphatic carbocycles. The predicted molar refractivity (Wildman–Crippen MR) is 58.3 cm³/mol. The normalized spacial score (nSPS) is 11.3. The molecule has 7 heteroatoms. The lowest BCUT2D eigenvalue weighted by Gasteiger charge is -2.05. The van der Waals surface area contributed by atoms with E-state index in [9.17, 15) is 13.2 Å². The van der Waals surface area contributed by atoms with Crippen LogP contribution in [0, 0.1) is 11.3 Å². The minimum absolute atomic E-state index is 0.0796. The number of hydrogen-bond donors (Lipinski definition) is 0. The second-order valence-corrected chi connectivity index (χ2v) is 3.82. The van der Waals surface area contributed by atoms with E-state index in [2.05, 4.69) is 5.10 Å². The molecule has 0 amide bonds. The number of hydrogen-bond acceptors (Lipinski definition) is 2. The molecule has 0 saturated heterocycles. The topological polar surface area (TPSA) is 41.6 Å². The molecule has 1 aromatic carbocycles. The fourth-order valence-electron chi connectivity index (χ4n) is 1.42. The van der Waals surface area contributed by atoms with Crippen LogP contribution in [0.25, 0.3) is 5.69 Å². The molecule has 1 aromatic heterocycles. The Morgan fingerprint density at radius 1 is 1.33 bits per heavy atom. The highest BCUT2D eigenvalue weighted by Gasteiger charge is 2.32. The van der Waals surface area contributed by atoms with Crippen LogP contribution in [-0.2, 0) is 6.18 Å². The van der Waals surface area contributed by atoms with Crippen molar-refractivity contribution in [1.29, 1.82) is 5.26 Å². The van der Waals surface area contributed by atoms with Crippen molar-refractivity contribution in [3.63, 3.8) is 0 Å². The quantitative estimate of drug-likeness (QED) is 0.797. The highest BCUT2D eigenvalue weighted by atomic mass is 35.5. The van der Waals surface area contributed by atoms with Crippen LogP contribution in [-0.4, -0.2) is 9.78 Å². The lowest BCUT2D eigenvalue weighted by molar-refractivity contribution is -0.137. The van der Waals surface area contributed by atoms with Gasteiger partial charge in [0.25, 0.3) is 0 Å². The van der Waals surface area contributed by atoms with Crippen LogP contribution in [0.5, 0.6) is 0 Å². The smallest absolute Gasteiger partial charge is 0.239 e. The van der Waals surface area contributed by atoms with Gasteiger partial charge in [0, 0.05) is 6.20 Å². The van der Waals surface area contributed by atoms with Gasteiger partial charge in [-0.3, -0.25) is 0 Å². The van der Waals surface area contributed by atoms with E-state index < -0.39 is 11.7 Å². The molecule has 3 nitrogen and oxygen atoms in total. The molecule has 2 aromatic rings. The van der Waals surface area contributed by atoms with Gasteiger partial charge in [-0.05, 0) is 12.1 Å². The van der Waals surface area contributed by atoms with Crippen LogP contribution in [0.4, 0.5) is 13.2 Å². The van der Waals surface area contributed by atoms with E-state index in [1.165, 1.54) is 18.2 Å². The molecule has 0 N–H and O–H groups in total. The lowest BCUT2D eigenvalue weighted by Crippen LogP contribution is -2.03.